The van der Waals surface area contributed by atoms with Gasteiger partial charge in [0, 0.05) is 34.9 Å². The maximum atomic E-state index is 6.25. The molecule has 4 aromatic rings. The van der Waals surface area contributed by atoms with Crippen molar-refractivity contribution in [1.29, 1.82) is 0 Å². The van der Waals surface area contributed by atoms with Crippen molar-refractivity contribution in [1.82, 2.24) is 25.1 Å². The summed E-state index contributed by atoms with van der Waals surface area (Å²) >= 11 is 6.25. The highest BCUT2D eigenvalue weighted by molar-refractivity contribution is 6.32. The van der Waals surface area contributed by atoms with Gasteiger partial charge in [-0.1, -0.05) is 17.7 Å². The van der Waals surface area contributed by atoms with Crippen LogP contribution < -0.4 is 10.6 Å². The smallest absolute Gasteiger partial charge is 0.229 e. The van der Waals surface area contributed by atoms with Crippen molar-refractivity contribution in [2.24, 2.45) is 0 Å². The number of rotatable bonds is 5. The third-order valence-corrected chi connectivity index (χ3v) is 5.01. The maximum Gasteiger partial charge on any atom is 0.229 e. The molecule has 0 atom stereocenters. The van der Waals surface area contributed by atoms with Gasteiger partial charge in [0.15, 0.2) is 11.6 Å². The van der Waals surface area contributed by atoms with Gasteiger partial charge in [0.1, 0.15) is 5.02 Å². The van der Waals surface area contributed by atoms with E-state index in [4.69, 9.17) is 11.6 Å². The molecule has 8 heteroatoms. The van der Waals surface area contributed by atoms with Crippen molar-refractivity contribution in [2.45, 2.75) is 27.7 Å². The van der Waals surface area contributed by atoms with Gasteiger partial charge in [-0.05, 0) is 62.6 Å². The fourth-order valence-electron chi connectivity index (χ4n) is 3.13. The van der Waals surface area contributed by atoms with Crippen molar-refractivity contribution in [2.75, 3.05) is 10.6 Å². The summed E-state index contributed by atoms with van der Waals surface area (Å²) in [5.74, 6) is 1.57. The number of hydrogen-bond donors (Lipinski definition) is 3. The van der Waals surface area contributed by atoms with Gasteiger partial charge in [0.25, 0.3) is 0 Å². The summed E-state index contributed by atoms with van der Waals surface area (Å²) in [5.41, 5.74) is 7.33. The van der Waals surface area contributed by atoms with Crippen LogP contribution in [0.5, 0.6) is 0 Å². The van der Waals surface area contributed by atoms with Gasteiger partial charge in [-0.15, -0.1) is 0 Å². The fourth-order valence-corrected chi connectivity index (χ4v) is 3.27. The van der Waals surface area contributed by atoms with E-state index in [0.717, 1.165) is 39.3 Å². The third kappa shape index (κ3) is 4.26. The molecular weight excluding hydrogens is 398 g/mol. The van der Waals surface area contributed by atoms with Crippen LogP contribution in [0, 0.1) is 27.7 Å². The molecule has 7 nitrogen and oxygen atoms in total. The lowest BCUT2D eigenvalue weighted by Gasteiger charge is -2.14. The van der Waals surface area contributed by atoms with E-state index in [1.54, 1.807) is 6.20 Å². The van der Waals surface area contributed by atoms with Crippen molar-refractivity contribution >= 4 is 34.9 Å². The summed E-state index contributed by atoms with van der Waals surface area (Å²) in [7, 11) is 0. The van der Waals surface area contributed by atoms with E-state index in [-0.39, 0.29) is 0 Å². The number of aryl methyl sites for hydroxylation is 4. The molecular formula is C22H22ClN7. The molecule has 3 aromatic heterocycles. The summed E-state index contributed by atoms with van der Waals surface area (Å²) < 4.78 is 0. The lowest BCUT2D eigenvalue weighted by molar-refractivity contribution is 1.05. The molecule has 3 N–H and O–H groups in total. The van der Waals surface area contributed by atoms with Crippen LogP contribution in [-0.2, 0) is 0 Å². The Labute approximate surface area is 180 Å². The molecule has 0 spiro atoms. The molecule has 0 aliphatic carbocycles. The zero-order valence-electron chi connectivity index (χ0n) is 17.2. The second kappa shape index (κ2) is 8.12. The van der Waals surface area contributed by atoms with E-state index >= 15 is 0 Å². The van der Waals surface area contributed by atoms with E-state index in [9.17, 15) is 0 Å². The first kappa shape index (κ1) is 19.8. The molecule has 0 radical (unpaired) electrons. The Morgan fingerprint density at radius 3 is 2.43 bits per heavy atom. The number of aromatic nitrogens is 5. The predicted octanol–water partition coefficient (Wildman–Crippen LogP) is 5.64. The summed E-state index contributed by atoms with van der Waals surface area (Å²) in [5, 5.41) is 13.8. The number of hydrogen-bond acceptors (Lipinski definition) is 6. The number of nitrogens with one attached hydrogen (secondary N) is 3. The molecule has 0 saturated carbocycles. The zero-order valence-corrected chi connectivity index (χ0v) is 18.0. The van der Waals surface area contributed by atoms with E-state index in [2.05, 4.69) is 67.8 Å². The Balaban J connectivity index is 1.60. The molecule has 3 heterocycles. The van der Waals surface area contributed by atoms with Gasteiger partial charge < -0.3 is 10.6 Å². The fraction of sp³-hybridized carbons (Fsp3) is 0.182. The molecule has 4 rings (SSSR count). The van der Waals surface area contributed by atoms with Crippen LogP contribution in [0.15, 0.2) is 42.7 Å². The first-order valence-corrected chi connectivity index (χ1v) is 9.90. The van der Waals surface area contributed by atoms with Gasteiger partial charge in [-0.25, -0.2) is 4.98 Å². The minimum Gasteiger partial charge on any atom is -0.324 e. The van der Waals surface area contributed by atoms with Crippen LogP contribution in [-0.4, -0.2) is 25.1 Å². The molecule has 0 saturated heterocycles. The average molecular weight is 420 g/mol. The van der Waals surface area contributed by atoms with Crippen molar-refractivity contribution in [3.05, 3.63) is 70.3 Å². The molecule has 0 aliphatic rings. The number of pyridine rings is 1. The summed E-state index contributed by atoms with van der Waals surface area (Å²) in [4.78, 5) is 13.2. The minimum absolute atomic E-state index is 0.413. The summed E-state index contributed by atoms with van der Waals surface area (Å²) in [6.07, 6.45) is 3.47. The van der Waals surface area contributed by atoms with Crippen LogP contribution in [0.1, 0.15) is 22.5 Å². The van der Waals surface area contributed by atoms with E-state index in [1.807, 2.05) is 32.2 Å². The first-order chi connectivity index (χ1) is 14.4. The number of halogens is 1. The SMILES string of the molecule is Cc1ccc(-c2cc(C)c(Nc3ncc(Cl)c(Nc4cc(C)[nH]n4)n3)cc2C)cn1. The number of nitrogens with zero attached hydrogens (tertiary/aromatic N) is 4. The van der Waals surface area contributed by atoms with Crippen molar-refractivity contribution in [3.8, 4) is 11.1 Å². The van der Waals surface area contributed by atoms with Gasteiger partial charge >= 0.3 is 0 Å². The zero-order chi connectivity index (χ0) is 21.3. The van der Waals surface area contributed by atoms with E-state index in [0.29, 0.717) is 22.6 Å². The predicted molar refractivity (Wildman–Crippen MR) is 121 cm³/mol. The molecule has 1 aromatic carbocycles. The monoisotopic (exact) mass is 419 g/mol. The van der Waals surface area contributed by atoms with Crippen molar-refractivity contribution in [3.63, 3.8) is 0 Å². The normalized spacial score (nSPS) is 10.8. The Morgan fingerprint density at radius 1 is 0.900 bits per heavy atom. The first-order valence-electron chi connectivity index (χ1n) is 9.52. The Kier molecular flexibility index (Phi) is 5.37. The molecule has 0 aliphatic heterocycles. The summed E-state index contributed by atoms with van der Waals surface area (Å²) in [6.45, 7) is 8.04. The van der Waals surface area contributed by atoms with E-state index < -0.39 is 0 Å². The van der Waals surface area contributed by atoms with Crippen LogP contribution >= 0.6 is 11.6 Å². The van der Waals surface area contributed by atoms with E-state index in [1.165, 1.54) is 0 Å². The Hall–Kier alpha value is -3.45. The van der Waals surface area contributed by atoms with Crippen LogP contribution in [0.25, 0.3) is 11.1 Å². The highest BCUT2D eigenvalue weighted by Gasteiger charge is 2.11. The Morgan fingerprint density at radius 2 is 1.73 bits per heavy atom. The topological polar surface area (TPSA) is 91.4 Å². The molecule has 0 fully saturated rings. The number of H-pyrrole nitrogens is 1. The van der Waals surface area contributed by atoms with Crippen LogP contribution in [0.3, 0.4) is 0 Å². The number of benzene rings is 1. The van der Waals surface area contributed by atoms with Gasteiger partial charge in [0.05, 0.1) is 6.20 Å². The second-order valence-corrected chi connectivity index (χ2v) is 7.65. The van der Waals surface area contributed by atoms with Gasteiger partial charge in [-0.2, -0.15) is 10.1 Å². The quantitative estimate of drug-likeness (QED) is 0.388. The molecule has 0 bridgehead atoms. The average Bonchev–Trinajstić information content (AvgIpc) is 3.12. The minimum atomic E-state index is 0.413. The Bertz CT molecular complexity index is 1200. The lowest BCUT2D eigenvalue weighted by atomic mass is 9.98. The number of aromatic amines is 1. The largest absolute Gasteiger partial charge is 0.324 e. The van der Waals surface area contributed by atoms with Gasteiger partial charge in [0.2, 0.25) is 5.95 Å². The highest BCUT2D eigenvalue weighted by Crippen LogP contribution is 2.30. The van der Waals surface area contributed by atoms with Crippen molar-refractivity contribution < 1.29 is 0 Å². The highest BCUT2D eigenvalue weighted by atomic mass is 35.5. The van der Waals surface area contributed by atoms with Crippen LogP contribution in [0.2, 0.25) is 5.02 Å². The number of anilines is 4. The van der Waals surface area contributed by atoms with Crippen LogP contribution in [0.4, 0.5) is 23.3 Å². The molecule has 0 amide bonds. The second-order valence-electron chi connectivity index (χ2n) is 7.25. The standard InChI is InChI=1S/C22H22ClN7/c1-12-8-19(13(2)7-17(12)16-6-5-14(3)24-10-16)26-22-25-11-18(23)21(28-22)27-20-9-15(4)29-30-20/h5-11H,1-4H3,(H3,25,26,27,28,29,30). The maximum absolute atomic E-state index is 6.25. The molecule has 152 valence electrons. The third-order valence-electron chi connectivity index (χ3n) is 4.74. The molecule has 0 unspecified atom stereocenters. The van der Waals surface area contributed by atoms with Gasteiger partial charge in [-0.3, -0.25) is 10.1 Å². The molecule has 30 heavy (non-hydrogen) atoms. The summed E-state index contributed by atoms with van der Waals surface area (Å²) in [6, 6.07) is 10.2. The lowest BCUT2D eigenvalue weighted by Crippen LogP contribution is -2.03.